The quantitative estimate of drug-likeness (QED) is 0.588. The SMILES string of the molecule is CS(=O)(=O)N(Cc1cccc(Cl)c1Cl)c1ccc(C(=O)NCCC2CCCCN2)cc1. The Balaban J connectivity index is 1.66. The van der Waals surface area contributed by atoms with Crippen molar-refractivity contribution < 1.29 is 13.2 Å². The van der Waals surface area contributed by atoms with Gasteiger partial charge in [0.25, 0.3) is 5.91 Å². The highest BCUT2D eigenvalue weighted by Crippen LogP contribution is 2.29. The van der Waals surface area contributed by atoms with Gasteiger partial charge in [-0.25, -0.2) is 8.42 Å². The fraction of sp³-hybridized carbons (Fsp3) is 0.409. The average molecular weight is 484 g/mol. The average Bonchev–Trinajstić information content (AvgIpc) is 2.75. The summed E-state index contributed by atoms with van der Waals surface area (Å²) in [5.41, 5.74) is 1.52. The molecule has 6 nitrogen and oxygen atoms in total. The summed E-state index contributed by atoms with van der Waals surface area (Å²) in [4.78, 5) is 12.4. The molecule has 0 aromatic heterocycles. The molecule has 1 atom stereocenters. The molecular weight excluding hydrogens is 457 g/mol. The van der Waals surface area contributed by atoms with Gasteiger partial charge < -0.3 is 10.6 Å². The molecule has 1 fully saturated rings. The Morgan fingerprint density at radius 2 is 1.90 bits per heavy atom. The number of halogens is 2. The predicted octanol–water partition coefficient (Wildman–Crippen LogP) is 4.22. The van der Waals surface area contributed by atoms with Gasteiger partial charge in [-0.05, 0) is 61.7 Å². The maximum Gasteiger partial charge on any atom is 0.251 e. The van der Waals surface area contributed by atoms with Crippen LogP contribution < -0.4 is 14.9 Å². The largest absolute Gasteiger partial charge is 0.352 e. The molecule has 1 unspecified atom stereocenters. The summed E-state index contributed by atoms with van der Waals surface area (Å²) >= 11 is 12.3. The summed E-state index contributed by atoms with van der Waals surface area (Å²) in [5, 5.41) is 7.08. The Hall–Kier alpha value is -1.80. The van der Waals surface area contributed by atoms with E-state index < -0.39 is 10.0 Å². The van der Waals surface area contributed by atoms with Gasteiger partial charge in [-0.15, -0.1) is 0 Å². The summed E-state index contributed by atoms with van der Waals surface area (Å²) in [7, 11) is -3.58. The van der Waals surface area contributed by atoms with Crippen molar-refractivity contribution in [3.05, 3.63) is 63.6 Å². The molecule has 1 heterocycles. The molecule has 1 saturated heterocycles. The molecule has 1 aliphatic heterocycles. The normalized spacial score (nSPS) is 16.7. The van der Waals surface area contributed by atoms with E-state index in [2.05, 4.69) is 10.6 Å². The molecular formula is C22H27Cl2N3O3S. The number of anilines is 1. The molecule has 1 amide bonds. The molecule has 3 rings (SSSR count). The van der Waals surface area contributed by atoms with Crippen LogP contribution in [0.1, 0.15) is 41.6 Å². The van der Waals surface area contributed by atoms with Crippen molar-refractivity contribution in [2.24, 2.45) is 0 Å². The standard InChI is InChI=1S/C22H27Cl2N3O3S/c1-31(29,30)27(15-17-5-4-7-20(23)21(17)24)19-10-8-16(9-11-19)22(28)26-14-12-18-6-2-3-13-25-18/h4-5,7-11,18,25H,2-3,6,12-15H2,1H3,(H,26,28). The molecule has 9 heteroatoms. The maximum absolute atomic E-state index is 12.4. The van der Waals surface area contributed by atoms with Crippen molar-refractivity contribution in [2.45, 2.75) is 38.3 Å². The van der Waals surface area contributed by atoms with Crippen molar-refractivity contribution in [1.29, 1.82) is 0 Å². The van der Waals surface area contributed by atoms with Gasteiger partial charge in [0.15, 0.2) is 0 Å². The molecule has 168 valence electrons. The summed E-state index contributed by atoms with van der Waals surface area (Å²) in [6, 6.07) is 12.1. The van der Waals surface area contributed by atoms with Crippen molar-refractivity contribution in [3.8, 4) is 0 Å². The van der Waals surface area contributed by atoms with Crippen LogP contribution in [0.4, 0.5) is 5.69 Å². The lowest BCUT2D eigenvalue weighted by molar-refractivity contribution is 0.0951. The summed E-state index contributed by atoms with van der Waals surface area (Å²) in [6.45, 7) is 1.68. The van der Waals surface area contributed by atoms with Crippen molar-refractivity contribution >= 4 is 44.8 Å². The van der Waals surface area contributed by atoms with E-state index in [0.29, 0.717) is 39.4 Å². The Kier molecular flexibility index (Phi) is 8.22. The van der Waals surface area contributed by atoms with E-state index >= 15 is 0 Å². The van der Waals surface area contributed by atoms with E-state index in [4.69, 9.17) is 23.2 Å². The number of sulfonamides is 1. The zero-order valence-corrected chi connectivity index (χ0v) is 19.7. The Morgan fingerprint density at radius 1 is 1.16 bits per heavy atom. The first kappa shape index (κ1) is 23.9. The first-order valence-electron chi connectivity index (χ1n) is 10.3. The van der Waals surface area contributed by atoms with Gasteiger partial charge in [0.2, 0.25) is 10.0 Å². The Morgan fingerprint density at radius 3 is 2.55 bits per heavy atom. The zero-order chi connectivity index (χ0) is 22.4. The minimum atomic E-state index is -3.58. The molecule has 2 aromatic rings. The van der Waals surface area contributed by atoms with E-state index in [-0.39, 0.29) is 12.5 Å². The highest BCUT2D eigenvalue weighted by atomic mass is 35.5. The van der Waals surface area contributed by atoms with Gasteiger partial charge in [0.1, 0.15) is 0 Å². The second-order valence-electron chi connectivity index (χ2n) is 7.72. The number of benzene rings is 2. The van der Waals surface area contributed by atoms with E-state index in [1.807, 2.05) is 0 Å². The van der Waals surface area contributed by atoms with Crippen molar-refractivity contribution in [1.82, 2.24) is 10.6 Å². The molecule has 0 bridgehead atoms. The van der Waals surface area contributed by atoms with Gasteiger partial charge in [-0.3, -0.25) is 9.10 Å². The molecule has 0 aliphatic carbocycles. The van der Waals surface area contributed by atoms with Crippen LogP contribution in [0, 0.1) is 0 Å². The van der Waals surface area contributed by atoms with Crippen molar-refractivity contribution in [3.63, 3.8) is 0 Å². The van der Waals surface area contributed by atoms with E-state index in [9.17, 15) is 13.2 Å². The number of nitrogens with zero attached hydrogens (tertiary/aromatic N) is 1. The number of rotatable bonds is 8. The minimum absolute atomic E-state index is 0.0398. The van der Waals surface area contributed by atoms with Crippen LogP contribution in [0.3, 0.4) is 0 Å². The van der Waals surface area contributed by atoms with E-state index in [0.717, 1.165) is 25.6 Å². The molecule has 1 aliphatic rings. The van der Waals surface area contributed by atoms with E-state index in [1.165, 1.54) is 17.1 Å². The lowest BCUT2D eigenvalue weighted by atomic mass is 10.0. The van der Waals surface area contributed by atoms with Crippen LogP contribution >= 0.6 is 23.2 Å². The number of carbonyl (C=O) groups excluding carboxylic acids is 1. The van der Waals surface area contributed by atoms with Gasteiger partial charge in [-0.1, -0.05) is 41.8 Å². The van der Waals surface area contributed by atoms with Crippen LogP contribution in [0.15, 0.2) is 42.5 Å². The van der Waals surface area contributed by atoms with E-state index in [1.54, 1.807) is 42.5 Å². The van der Waals surface area contributed by atoms with Crippen LogP contribution in [0.25, 0.3) is 0 Å². The third-order valence-electron chi connectivity index (χ3n) is 5.35. The van der Waals surface area contributed by atoms with Crippen molar-refractivity contribution in [2.75, 3.05) is 23.7 Å². The second-order valence-corrected chi connectivity index (χ2v) is 10.4. The lowest BCUT2D eigenvalue weighted by Gasteiger charge is -2.24. The highest BCUT2D eigenvalue weighted by molar-refractivity contribution is 7.92. The van der Waals surface area contributed by atoms with Crippen LogP contribution in [-0.2, 0) is 16.6 Å². The highest BCUT2D eigenvalue weighted by Gasteiger charge is 2.20. The summed E-state index contributed by atoms with van der Waals surface area (Å²) in [6.07, 6.45) is 5.60. The number of carbonyl (C=O) groups is 1. The van der Waals surface area contributed by atoms with Gasteiger partial charge in [0, 0.05) is 18.2 Å². The molecule has 0 saturated carbocycles. The van der Waals surface area contributed by atoms with Crippen LogP contribution in [-0.4, -0.2) is 39.7 Å². The van der Waals surface area contributed by atoms with Crippen LogP contribution in [0.5, 0.6) is 0 Å². The third-order valence-corrected chi connectivity index (χ3v) is 7.35. The molecule has 0 radical (unpaired) electrons. The van der Waals surface area contributed by atoms with Gasteiger partial charge >= 0.3 is 0 Å². The number of hydrogen-bond donors (Lipinski definition) is 2. The van der Waals surface area contributed by atoms with Gasteiger partial charge in [-0.2, -0.15) is 0 Å². The number of hydrogen-bond acceptors (Lipinski definition) is 4. The minimum Gasteiger partial charge on any atom is -0.352 e. The summed E-state index contributed by atoms with van der Waals surface area (Å²) < 4.78 is 26.1. The van der Waals surface area contributed by atoms with Gasteiger partial charge in [0.05, 0.1) is 28.5 Å². The first-order chi connectivity index (χ1) is 14.8. The fourth-order valence-corrected chi connectivity index (χ4v) is 4.89. The lowest BCUT2D eigenvalue weighted by Crippen LogP contribution is -2.37. The first-order valence-corrected chi connectivity index (χ1v) is 12.9. The smallest absolute Gasteiger partial charge is 0.251 e. The number of piperidine rings is 1. The Bertz CT molecular complexity index is 1010. The predicted molar refractivity (Wildman–Crippen MR) is 127 cm³/mol. The molecule has 2 N–H and O–H groups in total. The van der Waals surface area contributed by atoms with Crippen LogP contribution in [0.2, 0.25) is 10.0 Å². The topological polar surface area (TPSA) is 78.5 Å². The summed E-state index contributed by atoms with van der Waals surface area (Å²) in [5.74, 6) is -0.175. The monoisotopic (exact) mass is 483 g/mol. The number of amides is 1. The molecule has 2 aromatic carbocycles. The zero-order valence-electron chi connectivity index (χ0n) is 17.4. The maximum atomic E-state index is 12.4. The molecule has 31 heavy (non-hydrogen) atoms. The molecule has 0 spiro atoms. The number of nitrogens with one attached hydrogen (secondary N) is 2. The third kappa shape index (κ3) is 6.59. The second kappa shape index (κ2) is 10.7. The fourth-order valence-electron chi connectivity index (χ4n) is 3.64. The Labute approximate surface area is 194 Å².